The van der Waals surface area contributed by atoms with Crippen LogP contribution in [-0.2, 0) is 24.0 Å². The zero-order chi connectivity index (χ0) is 18.9. The zero-order valence-electron chi connectivity index (χ0n) is 12.5. The molecule has 0 aliphatic carbocycles. The molecule has 2 amide bonds. The van der Waals surface area contributed by atoms with Gasteiger partial charge >= 0.3 is 17.9 Å². The summed E-state index contributed by atoms with van der Waals surface area (Å²) in [6.45, 7) is -0.900. The molecule has 0 aliphatic heterocycles. The SMILES string of the molecule is N[C@@H](CC(=O)O)C(=O)N[C@@H](CO)C(=O)N[C@@H](CCC(=O)O)C(=O)O. The Bertz CT molecular complexity index is 508. The second kappa shape index (κ2) is 10.1. The number of nitrogens with one attached hydrogen (secondary N) is 2. The topological polar surface area (TPSA) is 216 Å². The van der Waals surface area contributed by atoms with E-state index >= 15 is 0 Å². The first-order valence-electron chi connectivity index (χ1n) is 6.72. The number of nitrogens with two attached hydrogens (primary N) is 1. The zero-order valence-corrected chi connectivity index (χ0v) is 12.5. The predicted octanol–water partition coefficient (Wildman–Crippen LogP) is -3.30. The maximum Gasteiger partial charge on any atom is 0.326 e. The largest absolute Gasteiger partial charge is 0.481 e. The number of aliphatic hydroxyl groups is 1. The van der Waals surface area contributed by atoms with Crippen molar-refractivity contribution in [1.29, 1.82) is 0 Å². The number of carboxylic acids is 3. The minimum atomic E-state index is -1.57. The maximum absolute atomic E-state index is 11.9. The molecule has 0 radical (unpaired) electrons. The van der Waals surface area contributed by atoms with Crippen LogP contribution in [-0.4, -0.2) is 74.9 Å². The number of carbonyl (C=O) groups is 5. The Hall–Kier alpha value is -2.73. The molecule has 0 aromatic heterocycles. The third-order valence-electron chi connectivity index (χ3n) is 2.81. The molecule has 0 bridgehead atoms. The minimum Gasteiger partial charge on any atom is -0.481 e. The van der Waals surface area contributed by atoms with Gasteiger partial charge in [0, 0.05) is 6.42 Å². The summed E-state index contributed by atoms with van der Waals surface area (Å²) >= 11 is 0. The molecule has 0 aromatic carbocycles. The van der Waals surface area contributed by atoms with Crippen LogP contribution in [0.25, 0.3) is 0 Å². The number of aliphatic carboxylic acids is 3. The van der Waals surface area contributed by atoms with Crippen LogP contribution in [0.3, 0.4) is 0 Å². The molecule has 0 rings (SSSR count). The van der Waals surface area contributed by atoms with Crippen LogP contribution >= 0.6 is 0 Å². The number of carboxylic acid groups (broad SMARTS) is 3. The van der Waals surface area contributed by atoms with Gasteiger partial charge in [-0.3, -0.25) is 19.2 Å². The highest BCUT2D eigenvalue weighted by molar-refractivity contribution is 5.93. The Morgan fingerprint density at radius 1 is 0.875 bits per heavy atom. The summed E-state index contributed by atoms with van der Waals surface area (Å²) in [6.07, 6.45) is -1.63. The van der Waals surface area contributed by atoms with Crippen molar-refractivity contribution in [3.05, 3.63) is 0 Å². The summed E-state index contributed by atoms with van der Waals surface area (Å²) < 4.78 is 0. The average molecular weight is 349 g/mol. The van der Waals surface area contributed by atoms with Gasteiger partial charge in [-0.15, -0.1) is 0 Å². The number of amides is 2. The van der Waals surface area contributed by atoms with Gasteiger partial charge in [0.2, 0.25) is 11.8 Å². The highest BCUT2D eigenvalue weighted by atomic mass is 16.4. The van der Waals surface area contributed by atoms with Crippen molar-refractivity contribution in [2.75, 3.05) is 6.61 Å². The molecule has 0 unspecified atom stereocenters. The van der Waals surface area contributed by atoms with E-state index < -0.39 is 73.7 Å². The number of carbonyl (C=O) groups excluding carboxylic acids is 2. The molecule has 136 valence electrons. The Kier molecular flexibility index (Phi) is 8.97. The lowest BCUT2D eigenvalue weighted by atomic mass is 10.1. The van der Waals surface area contributed by atoms with E-state index in [1.807, 2.05) is 10.6 Å². The summed E-state index contributed by atoms with van der Waals surface area (Å²) in [5, 5.41) is 39.0. The maximum atomic E-state index is 11.9. The number of aliphatic hydroxyl groups excluding tert-OH is 1. The predicted molar refractivity (Wildman–Crippen MR) is 75.7 cm³/mol. The van der Waals surface area contributed by atoms with Crippen LogP contribution in [0.2, 0.25) is 0 Å². The molecule has 0 aromatic rings. The molecular weight excluding hydrogens is 330 g/mol. The summed E-state index contributed by atoms with van der Waals surface area (Å²) in [4.78, 5) is 55.3. The Morgan fingerprint density at radius 2 is 1.42 bits per heavy atom. The van der Waals surface area contributed by atoms with Crippen LogP contribution in [0.4, 0.5) is 0 Å². The van der Waals surface area contributed by atoms with Gasteiger partial charge in [0.25, 0.3) is 0 Å². The third kappa shape index (κ3) is 8.05. The molecule has 0 saturated heterocycles. The quantitative estimate of drug-likeness (QED) is 0.197. The fraction of sp³-hybridized carbons (Fsp3) is 0.583. The normalized spacial score (nSPS) is 14.1. The highest BCUT2D eigenvalue weighted by Gasteiger charge is 2.28. The molecular formula is C12H19N3O9. The summed E-state index contributed by atoms with van der Waals surface area (Å²) in [5.41, 5.74) is 5.29. The fourth-order valence-electron chi connectivity index (χ4n) is 1.55. The van der Waals surface area contributed by atoms with Crippen molar-refractivity contribution in [1.82, 2.24) is 10.6 Å². The second-order valence-electron chi connectivity index (χ2n) is 4.78. The standard InChI is InChI=1S/C12H19N3O9/c13-5(3-9(19)20)10(21)15-7(4-16)11(22)14-6(12(23)24)1-2-8(17)18/h5-7,16H,1-4,13H2,(H,14,22)(H,15,21)(H,17,18)(H,19,20)(H,23,24)/t5-,6-,7-/m0/s1. The lowest BCUT2D eigenvalue weighted by Gasteiger charge is -2.20. The second-order valence-corrected chi connectivity index (χ2v) is 4.78. The lowest BCUT2D eigenvalue weighted by Crippen LogP contribution is -2.56. The molecule has 0 heterocycles. The Balaban J connectivity index is 4.76. The molecule has 0 aliphatic rings. The van der Waals surface area contributed by atoms with E-state index in [1.165, 1.54) is 0 Å². The lowest BCUT2D eigenvalue weighted by molar-refractivity contribution is -0.144. The number of hydrogen-bond donors (Lipinski definition) is 7. The summed E-state index contributed by atoms with van der Waals surface area (Å²) in [7, 11) is 0. The van der Waals surface area contributed by atoms with Crippen molar-refractivity contribution in [2.24, 2.45) is 5.73 Å². The van der Waals surface area contributed by atoms with Gasteiger partial charge in [-0.1, -0.05) is 0 Å². The molecule has 12 nitrogen and oxygen atoms in total. The van der Waals surface area contributed by atoms with Crippen LogP contribution in [0.15, 0.2) is 0 Å². The van der Waals surface area contributed by atoms with E-state index in [9.17, 15) is 24.0 Å². The Morgan fingerprint density at radius 3 is 1.83 bits per heavy atom. The monoisotopic (exact) mass is 349 g/mol. The first-order valence-corrected chi connectivity index (χ1v) is 6.72. The fourth-order valence-corrected chi connectivity index (χ4v) is 1.55. The van der Waals surface area contributed by atoms with Gasteiger partial charge in [-0.2, -0.15) is 0 Å². The molecule has 3 atom stereocenters. The van der Waals surface area contributed by atoms with Crippen LogP contribution < -0.4 is 16.4 Å². The van der Waals surface area contributed by atoms with E-state index in [2.05, 4.69) is 0 Å². The van der Waals surface area contributed by atoms with E-state index in [-0.39, 0.29) is 0 Å². The third-order valence-corrected chi connectivity index (χ3v) is 2.81. The average Bonchev–Trinajstić information content (AvgIpc) is 2.47. The molecule has 12 heteroatoms. The molecule has 0 spiro atoms. The van der Waals surface area contributed by atoms with Crippen molar-refractivity contribution in [3.8, 4) is 0 Å². The van der Waals surface area contributed by atoms with Gasteiger partial charge in [0.1, 0.15) is 12.1 Å². The van der Waals surface area contributed by atoms with Crippen molar-refractivity contribution >= 4 is 29.7 Å². The van der Waals surface area contributed by atoms with E-state index in [4.69, 9.17) is 26.2 Å². The minimum absolute atomic E-state index is 0.402. The van der Waals surface area contributed by atoms with Gasteiger partial charge in [0.05, 0.1) is 19.1 Å². The molecule has 24 heavy (non-hydrogen) atoms. The molecule has 0 fully saturated rings. The smallest absolute Gasteiger partial charge is 0.326 e. The van der Waals surface area contributed by atoms with Crippen molar-refractivity contribution in [3.63, 3.8) is 0 Å². The van der Waals surface area contributed by atoms with Crippen LogP contribution in [0.1, 0.15) is 19.3 Å². The highest BCUT2D eigenvalue weighted by Crippen LogP contribution is 2.00. The summed E-state index contributed by atoms with van der Waals surface area (Å²) in [6, 6.07) is -4.57. The van der Waals surface area contributed by atoms with Crippen molar-refractivity contribution in [2.45, 2.75) is 37.4 Å². The van der Waals surface area contributed by atoms with Crippen LogP contribution in [0, 0.1) is 0 Å². The first kappa shape index (κ1) is 21.3. The summed E-state index contributed by atoms with van der Waals surface area (Å²) in [5.74, 6) is -6.20. The van der Waals surface area contributed by atoms with Gasteiger partial charge in [0.15, 0.2) is 0 Å². The van der Waals surface area contributed by atoms with E-state index in [0.29, 0.717) is 0 Å². The first-order chi connectivity index (χ1) is 11.1. The van der Waals surface area contributed by atoms with Gasteiger partial charge < -0.3 is 36.8 Å². The Labute approximate surface area is 135 Å². The van der Waals surface area contributed by atoms with E-state index in [1.54, 1.807) is 0 Å². The van der Waals surface area contributed by atoms with Gasteiger partial charge in [-0.25, -0.2) is 4.79 Å². The number of rotatable bonds is 11. The van der Waals surface area contributed by atoms with Gasteiger partial charge in [-0.05, 0) is 6.42 Å². The molecule has 8 N–H and O–H groups in total. The van der Waals surface area contributed by atoms with Crippen LogP contribution in [0.5, 0.6) is 0 Å². The van der Waals surface area contributed by atoms with E-state index in [0.717, 1.165) is 0 Å². The number of hydrogen-bond acceptors (Lipinski definition) is 7. The molecule has 0 saturated carbocycles. The van der Waals surface area contributed by atoms with Crippen molar-refractivity contribution < 1.29 is 44.4 Å².